The van der Waals surface area contributed by atoms with Gasteiger partial charge in [-0.1, -0.05) is 35.4 Å². The molecule has 5 rings (SSSR count). The van der Waals surface area contributed by atoms with Crippen molar-refractivity contribution in [2.45, 2.75) is 65.1 Å². The molecular formula is C32H39ClN2O5S. The Morgan fingerprint density at radius 3 is 2.66 bits per heavy atom. The van der Waals surface area contributed by atoms with E-state index < -0.39 is 15.9 Å². The van der Waals surface area contributed by atoms with Gasteiger partial charge in [-0.15, -0.1) is 0 Å². The van der Waals surface area contributed by atoms with E-state index in [1.54, 1.807) is 32.2 Å². The number of carbonyl (C=O) groups is 1. The average Bonchev–Trinajstić information content (AvgIpc) is 2.96. The molecule has 0 saturated heterocycles. The number of nitrogens with one attached hydrogen (secondary N) is 1. The van der Waals surface area contributed by atoms with Crippen LogP contribution in [0.4, 0.5) is 5.69 Å². The lowest BCUT2D eigenvalue weighted by Gasteiger charge is -2.43. The van der Waals surface area contributed by atoms with Gasteiger partial charge in [0.2, 0.25) is 0 Å². The molecule has 2 bridgehead atoms. The van der Waals surface area contributed by atoms with E-state index >= 15 is 0 Å². The van der Waals surface area contributed by atoms with E-state index in [-0.39, 0.29) is 16.6 Å². The summed E-state index contributed by atoms with van der Waals surface area (Å²) < 4.78 is 40.8. The number of fused-ring (bicyclic) bond motifs is 3. The Hall–Kier alpha value is -2.81. The summed E-state index contributed by atoms with van der Waals surface area (Å²) in [5.74, 6) is 0.790. The Morgan fingerprint density at radius 1 is 1.07 bits per heavy atom. The number of aryl methyl sites for hydroxylation is 1. The molecule has 1 amide bonds. The highest BCUT2D eigenvalue weighted by Gasteiger charge is 2.37. The van der Waals surface area contributed by atoms with Crippen LogP contribution in [0.5, 0.6) is 5.75 Å². The van der Waals surface area contributed by atoms with Crippen molar-refractivity contribution < 1.29 is 22.7 Å². The van der Waals surface area contributed by atoms with Gasteiger partial charge < -0.3 is 14.4 Å². The molecule has 1 aliphatic carbocycles. The Morgan fingerprint density at radius 2 is 1.90 bits per heavy atom. The van der Waals surface area contributed by atoms with Gasteiger partial charge in [0.25, 0.3) is 15.9 Å². The second-order valence-corrected chi connectivity index (χ2v) is 13.7. The number of methoxy groups -OCH3 is 1. The number of amides is 1. The zero-order valence-electron chi connectivity index (χ0n) is 24.0. The Labute approximate surface area is 248 Å². The van der Waals surface area contributed by atoms with Crippen molar-refractivity contribution in [2.24, 2.45) is 11.8 Å². The number of carbonyl (C=O) groups excluding carboxylic acids is 1. The number of nitrogens with zero attached hydrogens (tertiary/aromatic N) is 1. The largest absolute Gasteiger partial charge is 0.487 e. The third-order valence-corrected chi connectivity index (χ3v) is 10.7. The lowest BCUT2D eigenvalue weighted by atomic mass is 9.70. The minimum atomic E-state index is -4.00. The molecule has 3 atom stereocenters. The van der Waals surface area contributed by atoms with Crippen molar-refractivity contribution in [3.8, 4) is 5.75 Å². The van der Waals surface area contributed by atoms with Crippen molar-refractivity contribution in [2.75, 3.05) is 25.1 Å². The first-order chi connectivity index (χ1) is 19.7. The SMILES string of the molecule is CO[C@H]1/C=C/C/C(C)=C(\C)S(=O)(=O)NC(=O)c2ccc3c(c2)N(CCCCc2cc(Cl)ccc2CO3)C[C@@H]2CC[C@H]21. The first kappa shape index (κ1) is 29.7. The fraction of sp³-hybridized carbons (Fsp3) is 0.469. The van der Waals surface area contributed by atoms with Gasteiger partial charge in [0, 0.05) is 30.8 Å². The summed E-state index contributed by atoms with van der Waals surface area (Å²) in [5, 5.41) is 0.716. The van der Waals surface area contributed by atoms with Crippen LogP contribution < -0.4 is 14.4 Å². The molecule has 2 aliphatic heterocycles. The number of ether oxygens (including phenoxy) is 2. The average molecular weight is 599 g/mol. The predicted octanol–water partition coefficient (Wildman–Crippen LogP) is 6.42. The van der Waals surface area contributed by atoms with Crippen molar-refractivity contribution in [3.05, 3.63) is 80.7 Å². The number of halogens is 1. The van der Waals surface area contributed by atoms with Crippen LogP contribution >= 0.6 is 11.6 Å². The summed E-state index contributed by atoms with van der Waals surface area (Å²) in [6, 6.07) is 11.1. The van der Waals surface area contributed by atoms with E-state index in [2.05, 4.69) is 15.7 Å². The maximum atomic E-state index is 13.3. The third-order valence-electron chi connectivity index (χ3n) is 8.84. The van der Waals surface area contributed by atoms with Crippen LogP contribution in [0.3, 0.4) is 0 Å². The van der Waals surface area contributed by atoms with Crippen molar-refractivity contribution in [1.29, 1.82) is 0 Å². The molecular weight excluding hydrogens is 560 g/mol. The lowest BCUT2D eigenvalue weighted by molar-refractivity contribution is 0.0135. The van der Waals surface area contributed by atoms with E-state index in [4.69, 9.17) is 21.1 Å². The molecule has 0 radical (unpaired) electrons. The van der Waals surface area contributed by atoms with Crippen LogP contribution in [0, 0.1) is 11.8 Å². The Bertz CT molecular complexity index is 1470. The van der Waals surface area contributed by atoms with Crippen LogP contribution in [0.1, 0.15) is 67.4 Å². The topological polar surface area (TPSA) is 84.9 Å². The lowest BCUT2D eigenvalue weighted by Crippen LogP contribution is -2.44. The Kier molecular flexibility index (Phi) is 9.12. The predicted molar refractivity (Wildman–Crippen MR) is 163 cm³/mol. The van der Waals surface area contributed by atoms with Gasteiger partial charge in [-0.25, -0.2) is 13.1 Å². The Balaban J connectivity index is 1.57. The maximum Gasteiger partial charge on any atom is 0.265 e. The van der Waals surface area contributed by atoms with Crippen LogP contribution in [-0.4, -0.2) is 40.6 Å². The van der Waals surface area contributed by atoms with Gasteiger partial charge in [-0.05, 0) is 106 Å². The second kappa shape index (κ2) is 12.6. The molecule has 2 heterocycles. The fourth-order valence-corrected chi connectivity index (χ4v) is 7.27. The van der Waals surface area contributed by atoms with E-state index in [9.17, 15) is 13.2 Å². The highest BCUT2D eigenvalue weighted by atomic mass is 35.5. The fourth-order valence-electron chi connectivity index (χ4n) is 6.02. The summed E-state index contributed by atoms with van der Waals surface area (Å²) in [4.78, 5) is 15.8. The minimum absolute atomic E-state index is 0.0451. The molecule has 9 heteroatoms. The van der Waals surface area contributed by atoms with E-state index in [1.165, 1.54) is 12.5 Å². The number of allylic oxidation sites excluding steroid dienone is 3. The number of rotatable bonds is 1. The van der Waals surface area contributed by atoms with Crippen LogP contribution in [0.25, 0.3) is 0 Å². The van der Waals surface area contributed by atoms with E-state index in [0.717, 1.165) is 56.4 Å². The molecule has 41 heavy (non-hydrogen) atoms. The number of hydrogen-bond acceptors (Lipinski definition) is 6. The zero-order valence-corrected chi connectivity index (χ0v) is 25.6. The van der Waals surface area contributed by atoms with Crippen LogP contribution in [0.15, 0.2) is 59.0 Å². The number of sulfonamides is 1. The van der Waals surface area contributed by atoms with Gasteiger partial charge in [0.1, 0.15) is 12.4 Å². The first-order valence-corrected chi connectivity index (χ1v) is 16.2. The van der Waals surface area contributed by atoms with Crippen molar-refractivity contribution >= 4 is 33.2 Å². The molecule has 0 aromatic heterocycles. The van der Waals surface area contributed by atoms with Gasteiger partial charge in [0.15, 0.2) is 0 Å². The molecule has 1 fully saturated rings. The van der Waals surface area contributed by atoms with Gasteiger partial charge in [0.05, 0.1) is 16.7 Å². The normalized spacial score (nSPS) is 27.7. The molecule has 1 saturated carbocycles. The monoisotopic (exact) mass is 598 g/mol. The van der Waals surface area contributed by atoms with Gasteiger partial charge in [-0.3, -0.25) is 4.79 Å². The molecule has 2 aromatic carbocycles. The standard InChI is InChI=1S/C32H39ClN2O5S/c1-21-7-6-9-30(39-3)28-14-11-25(28)19-35-16-5-4-8-23-17-27(33)13-10-26(23)20-40-31-15-12-24(18-29(31)35)32(36)34-41(37,38)22(21)2/h6,9-10,12-13,15,17-18,25,28,30H,4-5,7-8,11,14,16,19-20H2,1-3H3,(H,34,36)/b9-6+,22-21+/t25-,28+,30-/m0/s1. The summed E-state index contributed by atoms with van der Waals surface area (Å²) in [6.07, 6.45) is 9.49. The highest BCUT2D eigenvalue weighted by molar-refractivity contribution is 7.93. The van der Waals surface area contributed by atoms with Gasteiger partial charge in [-0.2, -0.15) is 0 Å². The molecule has 7 nitrogen and oxygen atoms in total. The first-order valence-electron chi connectivity index (χ1n) is 14.4. The quantitative estimate of drug-likeness (QED) is 0.382. The molecule has 0 spiro atoms. The molecule has 2 aromatic rings. The van der Waals surface area contributed by atoms with Crippen molar-refractivity contribution in [1.82, 2.24) is 4.72 Å². The van der Waals surface area contributed by atoms with Crippen LogP contribution in [0.2, 0.25) is 5.02 Å². The third kappa shape index (κ3) is 6.65. The summed E-state index contributed by atoms with van der Waals surface area (Å²) in [7, 11) is -2.26. The zero-order chi connectivity index (χ0) is 29.1. The summed E-state index contributed by atoms with van der Waals surface area (Å²) in [5.41, 5.74) is 4.03. The number of hydrogen-bond donors (Lipinski definition) is 1. The summed E-state index contributed by atoms with van der Waals surface area (Å²) >= 11 is 6.31. The molecule has 3 aliphatic rings. The van der Waals surface area contributed by atoms with Crippen LogP contribution in [-0.2, 0) is 27.8 Å². The number of anilines is 1. The summed E-state index contributed by atoms with van der Waals surface area (Å²) in [6.45, 7) is 5.27. The van der Waals surface area contributed by atoms with E-state index in [0.29, 0.717) is 41.2 Å². The molecule has 0 unspecified atom stereocenters. The highest BCUT2D eigenvalue weighted by Crippen LogP contribution is 2.41. The molecule has 220 valence electrons. The van der Waals surface area contributed by atoms with Gasteiger partial charge >= 0.3 is 0 Å². The second-order valence-electron chi connectivity index (χ2n) is 11.4. The molecule has 1 N–H and O–H groups in total. The maximum absolute atomic E-state index is 13.3. The van der Waals surface area contributed by atoms with E-state index in [1.807, 2.05) is 24.3 Å². The number of benzene rings is 2. The smallest absolute Gasteiger partial charge is 0.265 e. The minimum Gasteiger partial charge on any atom is -0.487 e. The van der Waals surface area contributed by atoms with Crippen molar-refractivity contribution in [3.63, 3.8) is 0 Å².